The van der Waals surface area contributed by atoms with Gasteiger partial charge in [-0.3, -0.25) is 0 Å². The van der Waals surface area contributed by atoms with Crippen molar-refractivity contribution >= 4 is 11.8 Å². The predicted octanol–water partition coefficient (Wildman–Crippen LogP) is 8.97. The number of hydrogen-bond acceptors (Lipinski definition) is 2. The third kappa shape index (κ3) is 11.4. The summed E-state index contributed by atoms with van der Waals surface area (Å²) in [5.74, 6) is 1.76. The van der Waals surface area contributed by atoms with E-state index in [0.29, 0.717) is 11.0 Å². The van der Waals surface area contributed by atoms with Gasteiger partial charge in [0.05, 0.1) is 0 Å². The van der Waals surface area contributed by atoms with Crippen molar-refractivity contribution in [2.45, 2.75) is 129 Å². The van der Waals surface area contributed by atoms with Crippen LogP contribution in [-0.2, 0) is 11.8 Å². The summed E-state index contributed by atoms with van der Waals surface area (Å²) >= 11 is 2.13. The Bertz CT molecular complexity index is 558. The van der Waals surface area contributed by atoms with Crippen LogP contribution in [0.25, 0.3) is 0 Å². The summed E-state index contributed by atoms with van der Waals surface area (Å²) < 4.78 is 0. The predicted molar refractivity (Wildman–Crippen MR) is 134 cm³/mol. The Morgan fingerprint density at radius 3 is 2.00 bits per heavy atom. The first-order valence-electron chi connectivity index (χ1n) is 12.2. The first-order chi connectivity index (χ1) is 13.8. The molecule has 1 rings (SSSR count). The highest BCUT2D eigenvalue weighted by atomic mass is 32.2. The van der Waals surface area contributed by atoms with Gasteiger partial charge >= 0.3 is 0 Å². The minimum absolute atomic E-state index is 0.00836. The monoisotopic (exact) mass is 420 g/mol. The van der Waals surface area contributed by atoms with Gasteiger partial charge in [-0.1, -0.05) is 98.5 Å². The molecule has 1 N–H and O–H groups in total. The lowest BCUT2D eigenvalue weighted by atomic mass is 9.84. The van der Waals surface area contributed by atoms with Crippen molar-refractivity contribution in [3.8, 4) is 5.75 Å². The Balaban J connectivity index is 2.16. The third-order valence-corrected chi connectivity index (χ3v) is 7.31. The SMILES string of the molecule is CCCCCCCCCCCCSC(C)CCc1cc(O)c(C(C)(C)C)cc1C. The Morgan fingerprint density at radius 2 is 1.45 bits per heavy atom. The minimum Gasteiger partial charge on any atom is -0.508 e. The number of aromatic hydroxyl groups is 1. The molecule has 0 heterocycles. The fourth-order valence-corrected chi connectivity index (χ4v) is 4.98. The molecule has 168 valence electrons. The second kappa shape index (κ2) is 14.4. The smallest absolute Gasteiger partial charge is 0.119 e. The molecule has 0 fully saturated rings. The second-order valence-electron chi connectivity index (χ2n) is 9.95. The van der Waals surface area contributed by atoms with Gasteiger partial charge in [0.1, 0.15) is 5.75 Å². The molecule has 0 saturated carbocycles. The molecule has 0 aliphatic carbocycles. The highest BCUT2D eigenvalue weighted by molar-refractivity contribution is 7.99. The zero-order chi connectivity index (χ0) is 21.7. The summed E-state index contributed by atoms with van der Waals surface area (Å²) in [7, 11) is 0. The highest BCUT2D eigenvalue weighted by Crippen LogP contribution is 2.33. The van der Waals surface area contributed by atoms with Gasteiger partial charge in [-0.2, -0.15) is 11.8 Å². The molecule has 0 aromatic heterocycles. The molecule has 29 heavy (non-hydrogen) atoms. The molecule has 0 aliphatic rings. The molecule has 1 aromatic carbocycles. The van der Waals surface area contributed by atoms with Crippen LogP contribution in [0.15, 0.2) is 12.1 Å². The Hall–Kier alpha value is -0.630. The van der Waals surface area contributed by atoms with Crippen molar-refractivity contribution in [2.75, 3.05) is 5.75 Å². The van der Waals surface area contributed by atoms with E-state index in [9.17, 15) is 5.11 Å². The fourth-order valence-electron chi connectivity index (χ4n) is 3.93. The molecule has 0 spiro atoms. The van der Waals surface area contributed by atoms with Crippen molar-refractivity contribution in [3.63, 3.8) is 0 Å². The van der Waals surface area contributed by atoms with E-state index in [1.807, 2.05) is 6.07 Å². The number of rotatable bonds is 15. The first-order valence-corrected chi connectivity index (χ1v) is 13.2. The van der Waals surface area contributed by atoms with Crippen LogP contribution in [0, 0.1) is 6.92 Å². The number of unbranched alkanes of at least 4 members (excludes halogenated alkanes) is 9. The molecule has 1 unspecified atom stereocenters. The van der Waals surface area contributed by atoms with E-state index in [1.165, 1.54) is 87.5 Å². The Labute approximate surface area is 186 Å². The topological polar surface area (TPSA) is 20.2 Å². The summed E-state index contributed by atoms with van der Waals surface area (Å²) in [6, 6.07) is 4.20. The van der Waals surface area contributed by atoms with E-state index in [0.717, 1.165) is 12.0 Å². The summed E-state index contributed by atoms with van der Waals surface area (Å²) in [6.45, 7) is 13.3. The van der Waals surface area contributed by atoms with Gasteiger partial charge in [-0.05, 0) is 60.1 Å². The lowest BCUT2D eigenvalue weighted by Gasteiger charge is -2.22. The Morgan fingerprint density at radius 1 is 0.897 bits per heavy atom. The maximum absolute atomic E-state index is 10.4. The molecule has 0 amide bonds. The summed E-state index contributed by atoms with van der Waals surface area (Å²) in [4.78, 5) is 0. The second-order valence-corrected chi connectivity index (χ2v) is 11.5. The maximum Gasteiger partial charge on any atom is 0.119 e. The highest BCUT2D eigenvalue weighted by Gasteiger charge is 2.19. The molecule has 1 nitrogen and oxygen atoms in total. The van der Waals surface area contributed by atoms with Gasteiger partial charge in [0.15, 0.2) is 0 Å². The van der Waals surface area contributed by atoms with Crippen LogP contribution >= 0.6 is 11.8 Å². The maximum atomic E-state index is 10.4. The molecule has 2 heteroatoms. The summed E-state index contributed by atoms with van der Waals surface area (Å²) in [5, 5.41) is 11.1. The van der Waals surface area contributed by atoms with E-state index in [1.54, 1.807) is 0 Å². The van der Waals surface area contributed by atoms with Crippen LogP contribution in [0.1, 0.15) is 122 Å². The van der Waals surface area contributed by atoms with Crippen LogP contribution in [0.4, 0.5) is 0 Å². The van der Waals surface area contributed by atoms with Crippen LogP contribution in [-0.4, -0.2) is 16.1 Å². The van der Waals surface area contributed by atoms with Gasteiger partial charge < -0.3 is 5.11 Å². The molecule has 0 saturated heterocycles. The van der Waals surface area contributed by atoms with Crippen molar-refractivity contribution in [2.24, 2.45) is 0 Å². The van der Waals surface area contributed by atoms with E-state index in [2.05, 4.69) is 59.4 Å². The van der Waals surface area contributed by atoms with Crippen molar-refractivity contribution in [1.29, 1.82) is 0 Å². The average Bonchev–Trinajstić information content (AvgIpc) is 2.65. The lowest BCUT2D eigenvalue weighted by molar-refractivity contribution is 0.445. The normalized spacial score (nSPS) is 13.0. The number of thioether (sulfide) groups is 1. The number of phenolic OH excluding ortho intramolecular Hbond substituents is 1. The van der Waals surface area contributed by atoms with Crippen molar-refractivity contribution in [3.05, 3.63) is 28.8 Å². The summed E-state index contributed by atoms with van der Waals surface area (Å²) in [6.07, 6.45) is 16.4. The van der Waals surface area contributed by atoms with Crippen LogP contribution in [0.2, 0.25) is 0 Å². The van der Waals surface area contributed by atoms with Crippen LogP contribution in [0.3, 0.4) is 0 Å². The first kappa shape index (κ1) is 26.4. The minimum atomic E-state index is -0.00836. The molecule has 0 aliphatic heterocycles. The number of phenols is 1. The molecular formula is C27H48OS. The molecule has 0 radical (unpaired) electrons. The van der Waals surface area contributed by atoms with Crippen molar-refractivity contribution < 1.29 is 5.11 Å². The number of aryl methyl sites for hydroxylation is 2. The van der Waals surface area contributed by atoms with Gasteiger partial charge in [0.2, 0.25) is 0 Å². The zero-order valence-electron chi connectivity index (χ0n) is 20.3. The number of hydrogen-bond donors (Lipinski definition) is 1. The van der Waals surface area contributed by atoms with Crippen molar-refractivity contribution in [1.82, 2.24) is 0 Å². The average molecular weight is 421 g/mol. The van der Waals surface area contributed by atoms with Gasteiger partial charge in [0, 0.05) is 5.25 Å². The van der Waals surface area contributed by atoms with E-state index >= 15 is 0 Å². The third-order valence-electron chi connectivity index (χ3n) is 5.98. The fraction of sp³-hybridized carbons (Fsp3) is 0.778. The molecular weight excluding hydrogens is 372 g/mol. The summed E-state index contributed by atoms with van der Waals surface area (Å²) in [5.41, 5.74) is 3.68. The quantitative estimate of drug-likeness (QED) is 0.286. The molecule has 0 bridgehead atoms. The van der Waals surface area contributed by atoms with E-state index in [-0.39, 0.29) is 5.41 Å². The van der Waals surface area contributed by atoms with E-state index < -0.39 is 0 Å². The Kier molecular flexibility index (Phi) is 13.1. The number of benzene rings is 1. The van der Waals surface area contributed by atoms with Gasteiger partial charge in [-0.15, -0.1) is 0 Å². The molecule has 1 atom stereocenters. The zero-order valence-corrected chi connectivity index (χ0v) is 21.1. The van der Waals surface area contributed by atoms with Crippen LogP contribution < -0.4 is 0 Å². The lowest BCUT2D eigenvalue weighted by Crippen LogP contribution is -2.12. The van der Waals surface area contributed by atoms with E-state index in [4.69, 9.17) is 0 Å². The molecule has 1 aromatic rings. The van der Waals surface area contributed by atoms with Crippen LogP contribution in [0.5, 0.6) is 5.75 Å². The largest absolute Gasteiger partial charge is 0.508 e. The van der Waals surface area contributed by atoms with Gasteiger partial charge in [0.25, 0.3) is 0 Å². The standard InChI is InChI=1S/C27H48OS/c1-7-8-9-10-11-12-13-14-15-16-19-29-23(3)17-18-24-21-26(28)25(20-22(24)2)27(4,5)6/h20-21,23,28H,7-19H2,1-6H3. The van der Waals surface area contributed by atoms with Gasteiger partial charge in [-0.25, -0.2) is 0 Å².